The molecule has 4 heterocycles. The summed E-state index contributed by atoms with van der Waals surface area (Å²) in [6.45, 7) is 0. The predicted molar refractivity (Wildman–Crippen MR) is 237 cm³/mol. The molecule has 0 amide bonds. The zero-order chi connectivity index (χ0) is 40.0. The summed E-state index contributed by atoms with van der Waals surface area (Å²) in [6.07, 6.45) is 15.0. The number of nitrogens with zero attached hydrogens (tertiary/aromatic N) is 8. The van der Waals surface area contributed by atoms with Crippen molar-refractivity contribution in [2.24, 2.45) is 28.2 Å². The molecule has 0 radical (unpaired) electrons. The summed E-state index contributed by atoms with van der Waals surface area (Å²) in [4.78, 5) is 9.77. The van der Waals surface area contributed by atoms with E-state index >= 15 is 0 Å². The molecule has 0 unspecified atom stereocenters. The molecular formula is C50H40N8OPt. The number of imidazole rings is 2. The van der Waals surface area contributed by atoms with Crippen molar-refractivity contribution >= 4 is 43.6 Å². The third-order valence-corrected chi connectivity index (χ3v) is 11.0. The Kier molecular flexibility index (Phi) is 10.2. The minimum atomic E-state index is 0. The van der Waals surface area contributed by atoms with E-state index in [2.05, 4.69) is 146 Å². The fourth-order valence-corrected chi connectivity index (χ4v) is 8.09. The number of para-hydroxylation sites is 4. The molecule has 0 atom stereocenters. The summed E-state index contributed by atoms with van der Waals surface area (Å²) in [5, 5.41) is 4.15. The maximum atomic E-state index is 7.30. The van der Waals surface area contributed by atoms with Crippen molar-refractivity contribution in [2.45, 2.75) is 0 Å². The molecule has 0 saturated carbocycles. The van der Waals surface area contributed by atoms with Gasteiger partial charge in [-0.05, 0) is 79.4 Å². The zero-order valence-corrected chi connectivity index (χ0v) is 35.7. The molecule has 60 heavy (non-hydrogen) atoms. The van der Waals surface area contributed by atoms with Crippen LogP contribution in [-0.4, -0.2) is 37.4 Å². The van der Waals surface area contributed by atoms with Crippen LogP contribution < -0.4 is 4.74 Å². The molecule has 0 aliphatic rings. The molecular weight excluding hydrogens is 924 g/mol. The smallest absolute Gasteiger partial charge is 0.446 e. The summed E-state index contributed by atoms with van der Waals surface area (Å²) in [5.41, 5.74) is 7.98. The van der Waals surface area contributed by atoms with Gasteiger partial charge in [-0.1, -0.05) is 133 Å². The van der Waals surface area contributed by atoms with Crippen LogP contribution in [0.25, 0.3) is 77.8 Å². The van der Waals surface area contributed by atoms with Crippen LogP contribution in [0.1, 0.15) is 0 Å². The molecule has 0 bridgehead atoms. The molecule has 10 aromatic rings. The van der Waals surface area contributed by atoms with Crippen molar-refractivity contribution in [1.82, 2.24) is 37.4 Å². The van der Waals surface area contributed by atoms with Crippen LogP contribution in [0, 0.1) is 12.4 Å². The van der Waals surface area contributed by atoms with Crippen LogP contribution in [0.4, 0.5) is 0 Å². The number of rotatable bonds is 6. The van der Waals surface area contributed by atoms with Crippen molar-refractivity contribution in [1.29, 1.82) is 0 Å². The molecule has 0 aliphatic carbocycles. The van der Waals surface area contributed by atoms with E-state index in [1.165, 1.54) is 0 Å². The Balaban J connectivity index is 0.00000462. The molecule has 6 aromatic carbocycles. The Hall–Kier alpha value is -7.09. The van der Waals surface area contributed by atoms with Crippen LogP contribution in [0.3, 0.4) is 0 Å². The molecule has 4 aromatic heterocycles. The fraction of sp³-hybridized carbons (Fsp3) is 0.0800. The Morgan fingerprint density at radius 3 is 1.22 bits per heavy atom. The van der Waals surface area contributed by atoms with Gasteiger partial charge in [-0.15, -0.1) is 0 Å². The zero-order valence-electron chi connectivity index (χ0n) is 33.5. The van der Waals surface area contributed by atoms with Gasteiger partial charge >= 0.3 is 21.1 Å². The van der Waals surface area contributed by atoms with E-state index in [-0.39, 0.29) is 21.1 Å². The van der Waals surface area contributed by atoms with E-state index in [1.807, 2.05) is 80.1 Å². The quantitative estimate of drug-likeness (QED) is 0.156. The standard InChI is InChI=1S/C50H40N8O.Pt/c1-53-31-29-51-49(53)57-33-45(55(3)43-27-13-11-21-39(43)41-25-15-23-37(47(41)57)35-17-7-5-8-18-35)59-46-34-58(50-52-30-32-54(50)2)48-38(36-19-9-6-10-20-36)24-16-26-42(48)40-22-12-14-28-44(40)56(46)4;/h5-32H,1-4H3;/q-2;+2. The molecule has 296 valence electrons. The molecule has 0 fully saturated rings. The molecule has 9 nitrogen and oxygen atoms in total. The van der Waals surface area contributed by atoms with E-state index in [0.29, 0.717) is 23.7 Å². The number of benzene rings is 6. The van der Waals surface area contributed by atoms with Gasteiger partial charge in [0.15, 0.2) is 11.8 Å². The van der Waals surface area contributed by atoms with Crippen LogP contribution in [0.15, 0.2) is 170 Å². The van der Waals surface area contributed by atoms with Gasteiger partial charge in [-0.25, -0.2) is 0 Å². The summed E-state index contributed by atoms with van der Waals surface area (Å²) in [6, 6.07) is 50.6. The average Bonchev–Trinajstić information content (AvgIpc) is 3.92. The Morgan fingerprint density at radius 1 is 0.433 bits per heavy atom. The van der Waals surface area contributed by atoms with Crippen LogP contribution in [0.5, 0.6) is 11.8 Å². The van der Waals surface area contributed by atoms with Gasteiger partial charge in [0.05, 0.1) is 0 Å². The SMILES string of the molecule is Cn1ccnc1-n1[c-]c(Oc2[c-]n(-c3nccn3C)c3c(-c4ccccc4)cccc3c3ccccc3n2C)n(C)c2ccccc2c2cccc(-c3ccccc3)c21.[Pt+2]. The first-order chi connectivity index (χ1) is 29.0. The van der Waals surface area contributed by atoms with Gasteiger partial charge in [0, 0.05) is 64.0 Å². The first-order valence-electron chi connectivity index (χ1n) is 19.5. The third-order valence-electron chi connectivity index (χ3n) is 11.0. The Bertz CT molecular complexity index is 3090. The van der Waals surface area contributed by atoms with Crippen LogP contribution in [0.2, 0.25) is 0 Å². The summed E-state index contributed by atoms with van der Waals surface area (Å²) >= 11 is 0. The van der Waals surface area contributed by atoms with E-state index in [0.717, 1.165) is 65.9 Å². The number of hydrogen-bond donors (Lipinski definition) is 0. The first kappa shape index (κ1) is 38.4. The van der Waals surface area contributed by atoms with Gasteiger partial charge in [-0.3, -0.25) is 9.97 Å². The number of ether oxygens (including phenoxy) is 1. The van der Waals surface area contributed by atoms with Crippen molar-refractivity contribution in [3.05, 3.63) is 183 Å². The minimum Gasteiger partial charge on any atom is -0.446 e. The van der Waals surface area contributed by atoms with Gasteiger partial charge in [0.2, 0.25) is 0 Å². The van der Waals surface area contributed by atoms with Gasteiger partial charge in [0.1, 0.15) is 11.9 Å². The van der Waals surface area contributed by atoms with Crippen LogP contribution in [-0.2, 0) is 49.3 Å². The summed E-state index contributed by atoms with van der Waals surface area (Å²) in [5.74, 6) is 2.21. The van der Waals surface area contributed by atoms with E-state index in [1.54, 1.807) is 12.4 Å². The topological polar surface area (TPSA) is 64.6 Å². The molecule has 0 saturated heterocycles. The normalized spacial score (nSPS) is 11.2. The number of fused-ring (bicyclic) bond motifs is 6. The van der Waals surface area contributed by atoms with E-state index < -0.39 is 0 Å². The van der Waals surface area contributed by atoms with Crippen molar-refractivity contribution < 1.29 is 25.8 Å². The molecule has 10 rings (SSSR count). The summed E-state index contributed by atoms with van der Waals surface area (Å²) < 4.78 is 19.4. The van der Waals surface area contributed by atoms with Crippen LogP contribution >= 0.6 is 0 Å². The Labute approximate surface area is 361 Å². The van der Waals surface area contributed by atoms with Crippen molar-refractivity contribution in [3.63, 3.8) is 0 Å². The second-order valence-corrected chi connectivity index (χ2v) is 14.6. The summed E-state index contributed by atoms with van der Waals surface area (Å²) in [7, 11) is 8.02. The predicted octanol–water partition coefficient (Wildman–Crippen LogP) is 11.0. The molecule has 0 spiro atoms. The second kappa shape index (κ2) is 15.9. The fourth-order valence-electron chi connectivity index (χ4n) is 8.09. The van der Waals surface area contributed by atoms with Crippen molar-refractivity contribution in [3.8, 4) is 45.9 Å². The Morgan fingerprint density at radius 2 is 0.817 bits per heavy atom. The minimum absolute atomic E-state index is 0. The number of aryl methyl sites for hydroxylation is 4. The average molecular weight is 964 g/mol. The maximum Gasteiger partial charge on any atom is 2.00 e. The van der Waals surface area contributed by atoms with Gasteiger partial charge in [-0.2, -0.15) is 0 Å². The number of hydrogen-bond acceptors (Lipinski definition) is 3. The second-order valence-electron chi connectivity index (χ2n) is 14.6. The monoisotopic (exact) mass is 963 g/mol. The maximum absolute atomic E-state index is 7.30. The molecule has 0 aliphatic heterocycles. The molecule has 0 N–H and O–H groups in total. The third kappa shape index (κ3) is 6.57. The largest absolute Gasteiger partial charge is 2.00 e. The number of aromatic nitrogens is 8. The first-order valence-corrected chi connectivity index (χ1v) is 19.5. The molecule has 10 heteroatoms. The van der Waals surface area contributed by atoms with Gasteiger partial charge in [0.25, 0.3) is 0 Å². The van der Waals surface area contributed by atoms with E-state index in [4.69, 9.17) is 14.7 Å². The van der Waals surface area contributed by atoms with Gasteiger partial charge < -0.3 is 32.1 Å². The van der Waals surface area contributed by atoms with Crippen molar-refractivity contribution in [2.75, 3.05) is 0 Å². The van der Waals surface area contributed by atoms with E-state index in [9.17, 15) is 0 Å².